The van der Waals surface area contributed by atoms with Crippen molar-refractivity contribution in [1.82, 2.24) is 10.3 Å². The molecule has 0 amide bonds. The standard InChI is InChI=1S/C10H12N2O3S/c1-11-4-5-16(13,14)8-2-3-9-10(6-8)15-7-12-9/h2-3,6-7,11H,4-5H2,1H3. The highest BCUT2D eigenvalue weighted by atomic mass is 32.2. The predicted octanol–water partition coefficient (Wildman–Crippen LogP) is 0.821. The summed E-state index contributed by atoms with van der Waals surface area (Å²) in [6.07, 6.45) is 1.30. The van der Waals surface area contributed by atoms with Crippen molar-refractivity contribution < 1.29 is 12.8 Å². The Morgan fingerprint density at radius 3 is 3.00 bits per heavy atom. The normalized spacial score (nSPS) is 12.1. The van der Waals surface area contributed by atoms with Crippen molar-refractivity contribution in [2.24, 2.45) is 0 Å². The Morgan fingerprint density at radius 1 is 1.44 bits per heavy atom. The third-order valence-corrected chi connectivity index (χ3v) is 4.00. The van der Waals surface area contributed by atoms with E-state index in [4.69, 9.17) is 4.42 Å². The van der Waals surface area contributed by atoms with Crippen LogP contribution in [0.25, 0.3) is 11.1 Å². The lowest BCUT2D eigenvalue weighted by Crippen LogP contribution is -2.19. The van der Waals surface area contributed by atoms with E-state index in [0.29, 0.717) is 17.6 Å². The lowest BCUT2D eigenvalue weighted by atomic mass is 10.3. The number of sulfone groups is 1. The maximum Gasteiger partial charge on any atom is 0.181 e. The molecule has 2 rings (SSSR count). The molecule has 0 fully saturated rings. The number of hydrogen-bond acceptors (Lipinski definition) is 5. The van der Waals surface area contributed by atoms with Crippen LogP contribution in [0.15, 0.2) is 33.9 Å². The molecule has 0 radical (unpaired) electrons. The van der Waals surface area contributed by atoms with Gasteiger partial charge in [-0.3, -0.25) is 0 Å². The smallest absolute Gasteiger partial charge is 0.181 e. The van der Waals surface area contributed by atoms with Gasteiger partial charge in [-0.15, -0.1) is 0 Å². The van der Waals surface area contributed by atoms with Gasteiger partial charge in [-0.05, 0) is 19.2 Å². The van der Waals surface area contributed by atoms with Gasteiger partial charge in [-0.1, -0.05) is 0 Å². The van der Waals surface area contributed by atoms with Crippen LogP contribution in [0.5, 0.6) is 0 Å². The molecule has 0 saturated heterocycles. The fourth-order valence-electron chi connectivity index (χ4n) is 1.38. The van der Waals surface area contributed by atoms with Crippen LogP contribution in [-0.4, -0.2) is 32.7 Å². The highest BCUT2D eigenvalue weighted by molar-refractivity contribution is 7.91. The first-order chi connectivity index (χ1) is 7.63. The van der Waals surface area contributed by atoms with E-state index in [9.17, 15) is 8.42 Å². The second kappa shape index (κ2) is 4.23. The molecule has 0 aliphatic heterocycles. The van der Waals surface area contributed by atoms with Crippen molar-refractivity contribution in [2.75, 3.05) is 19.3 Å². The molecule has 86 valence electrons. The Balaban J connectivity index is 2.39. The Labute approximate surface area is 93.4 Å². The molecule has 1 aromatic carbocycles. The van der Waals surface area contributed by atoms with Crippen molar-refractivity contribution >= 4 is 20.9 Å². The largest absolute Gasteiger partial charge is 0.443 e. The van der Waals surface area contributed by atoms with Gasteiger partial charge in [0.25, 0.3) is 0 Å². The molecule has 2 aromatic rings. The Kier molecular flexibility index (Phi) is 2.93. The van der Waals surface area contributed by atoms with Gasteiger partial charge in [-0.2, -0.15) is 0 Å². The lowest BCUT2D eigenvalue weighted by Gasteiger charge is -2.03. The highest BCUT2D eigenvalue weighted by Crippen LogP contribution is 2.18. The van der Waals surface area contributed by atoms with Crippen LogP contribution < -0.4 is 5.32 Å². The molecule has 0 saturated carbocycles. The maximum absolute atomic E-state index is 11.9. The van der Waals surface area contributed by atoms with Gasteiger partial charge in [0, 0.05) is 12.6 Å². The monoisotopic (exact) mass is 240 g/mol. The van der Waals surface area contributed by atoms with Crippen molar-refractivity contribution in [2.45, 2.75) is 4.90 Å². The van der Waals surface area contributed by atoms with Gasteiger partial charge >= 0.3 is 0 Å². The zero-order valence-electron chi connectivity index (χ0n) is 8.80. The summed E-state index contributed by atoms with van der Waals surface area (Å²) in [7, 11) is -1.52. The number of aromatic nitrogens is 1. The quantitative estimate of drug-likeness (QED) is 0.856. The van der Waals surface area contributed by atoms with Crippen molar-refractivity contribution in [3.8, 4) is 0 Å². The van der Waals surface area contributed by atoms with Gasteiger partial charge in [0.1, 0.15) is 5.52 Å². The molecular formula is C10H12N2O3S. The van der Waals surface area contributed by atoms with E-state index in [1.807, 2.05) is 0 Å². The minimum absolute atomic E-state index is 0.0726. The number of fused-ring (bicyclic) bond motifs is 1. The van der Waals surface area contributed by atoms with Crippen molar-refractivity contribution in [3.63, 3.8) is 0 Å². The number of nitrogens with one attached hydrogen (secondary N) is 1. The molecular weight excluding hydrogens is 228 g/mol. The third kappa shape index (κ3) is 2.07. The van der Waals surface area contributed by atoms with Gasteiger partial charge in [0.2, 0.25) is 0 Å². The number of rotatable bonds is 4. The summed E-state index contributed by atoms with van der Waals surface area (Å²) in [6, 6.07) is 4.70. The van der Waals surface area contributed by atoms with E-state index in [2.05, 4.69) is 10.3 Å². The van der Waals surface area contributed by atoms with Crippen LogP contribution in [-0.2, 0) is 9.84 Å². The fraction of sp³-hybridized carbons (Fsp3) is 0.300. The molecule has 1 aromatic heterocycles. The van der Waals surface area contributed by atoms with Gasteiger partial charge in [-0.25, -0.2) is 13.4 Å². The van der Waals surface area contributed by atoms with E-state index < -0.39 is 9.84 Å². The minimum atomic E-state index is -3.24. The summed E-state index contributed by atoms with van der Waals surface area (Å²) in [4.78, 5) is 4.20. The SMILES string of the molecule is CNCCS(=O)(=O)c1ccc2ncoc2c1. The van der Waals surface area contributed by atoms with Crippen LogP contribution in [0.3, 0.4) is 0 Å². The van der Waals surface area contributed by atoms with Gasteiger partial charge in [0.05, 0.1) is 10.6 Å². The van der Waals surface area contributed by atoms with Crippen LogP contribution in [0.4, 0.5) is 0 Å². The molecule has 0 unspecified atom stereocenters. The molecule has 0 aliphatic carbocycles. The summed E-state index contributed by atoms with van der Waals surface area (Å²) in [6.45, 7) is 0.427. The summed E-state index contributed by atoms with van der Waals surface area (Å²) in [5, 5.41) is 2.81. The molecule has 1 N–H and O–H groups in total. The summed E-state index contributed by atoms with van der Waals surface area (Å²) in [5.41, 5.74) is 1.15. The molecule has 0 atom stereocenters. The second-order valence-electron chi connectivity index (χ2n) is 3.40. The second-order valence-corrected chi connectivity index (χ2v) is 5.51. The number of hydrogen-bond donors (Lipinski definition) is 1. The minimum Gasteiger partial charge on any atom is -0.443 e. The predicted molar refractivity (Wildman–Crippen MR) is 60.0 cm³/mol. The van der Waals surface area contributed by atoms with Crippen LogP contribution in [0.1, 0.15) is 0 Å². The lowest BCUT2D eigenvalue weighted by molar-refractivity contribution is 0.590. The maximum atomic E-state index is 11.9. The van der Waals surface area contributed by atoms with Gasteiger partial charge < -0.3 is 9.73 Å². The first-order valence-electron chi connectivity index (χ1n) is 4.84. The first-order valence-corrected chi connectivity index (χ1v) is 6.49. The summed E-state index contributed by atoms with van der Waals surface area (Å²) >= 11 is 0. The van der Waals surface area contributed by atoms with E-state index in [0.717, 1.165) is 0 Å². The summed E-state index contributed by atoms with van der Waals surface area (Å²) in [5.74, 6) is 0.0726. The third-order valence-electron chi connectivity index (χ3n) is 2.28. The zero-order valence-corrected chi connectivity index (χ0v) is 9.62. The van der Waals surface area contributed by atoms with Crippen LogP contribution in [0, 0.1) is 0 Å². The molecule has 0 bridgehead atoms. The van der Waals surface area contributed by atoms with Crippen molar-refractivity contribution in [1.29, 1.82) is 0 Å². The number of nitrogens with zero attached hydrogens (tertiary/aromatic N) is 1. The fourth-order valence-corrected chi connectivity index (χ4v) is 2.65. The molecule has 16 heavy (non-hydrogen) atoms. The first kappa shape index (κ1) is 11.1. The highest BCUT2D eigenvalue weighted by Gasteiger charge is 2.14. The van der Waals surface area contributed by atoms with E-state index >= 15 is 0 Å². The molecule has 6 heteroatoms. The topological polar surface area (TPSA) is 72.2 Å². The molecule has 1 heterocycles. The van der Waals surface area contributed by atoms with Crippen LogP contribution in [0.2, 0.25) is 0 Å². The molecule has 0 spiro atoms. The zero-order chi connectivity index (χ0) is 11.6. The van der Waals surface area contributed by atoms with Gasteiger partial charge in [0.15, 0.2) is 21.8 Å². The molecule has 5 nitrogen and oxygen atoms in total. The van der Waals surface area contributed by atoms with Crippen molar-refractivity contribution in [3.05, 3.63) is 24.6 Å². The Hall–Kier alpha value is -1.40. The average molecular weight is 240 g/mol. The van der Waals surface area contributed by atoms with E-state index in [1.165, 1.54) is 12.5 Å². The van der Waals surface area contributed by atoms with E-state index in [1.54, 1.807) is 19.2 Å². The molecule has 0 aliphatic rings. The average Bonchev–Trinajstić information content (AvgIpc) is 2.73. The Bertz CT molecular complexity index is 589. The summed E-state index contributed by atoms with van der Waals surface area (Å²) < 4.78 is 28.8. The van der Waals surface area contributed by atoms with Crippen LogP contribution >= 0.6 is 0 Å². The number of benzene rings is 1. The Morgan fingerprint density at radius 2 is 2.25 bits per heavy atom. The van der Waals surface area contributed by atoms with E-state index in [-0.39, 0.29) is 10.6 Å². The number of oxazole rings is 1.